The van der Waals surface area contributed by atoms with Crippen LogP contribution in [-0.2, 0) is 14.1 Å². The second kappa shape index (κ2) is 6.76. The van der Waals surface area contributed by atoms with Gasteiger partial charge in [-0.2, -0.15) is 0 Å². The van der Waals surface area contributed by atoms with Crippen LogP contribution >= 0.6 is 23.5 Å². The van der Waals surface area contributed by atoms with Gasteiger partial charge >= 0.3 is 0 Å². The molecule has 2 heterocycles. The quantitative estimate of drug-likeness (QED) is 0.578. The lowest BCUT2D eigenvalue weighted by Crippen LogP contribution is -1.99. The second-order valence-corrected chi connectivity index (χ2v) is 6.07. The first-order valence-electron chi connectivity index (χ1n) is 5.83. The molecule has 0 aromatic carbocycles. The fourth-order valence-electron chi connectivity index (χ4n) is 1.38. The van der Waals surface area contributed by atoms with Crippen LogP contribution in [0.2, 0.25) is 0 Å². The lowest BCUT2D eigenvalue weighted by atomic mass is 10.3. The molecule has 0 N–H and O–H groups in total. The summed E-state index contributed by atoms with van der Waals surface area (Å²) >= 11 is 3.02. The maximum Gasteiger partial charge on any atom is 0.213 e. The predicted molar refractivity (Wildman–Crippen MR) is 80.9 cm³/mol. The molecule has 2 aromatic heterocycles. The van der Waals surface area contributed by atoms with Crippen molar-refractivity contribution in [3.63, 3.8) is 0 Å². The van der Waals surface area contributed by atoms with Crippen molar-refractivity contribution in [2.45, 2.75) is 16.7 Å². The van der Waals surface area contributed by atoms with Crippen LogP contribution in [0.15, 0.2) is 46.8 Å². The highest BCUT2D eigenvalue weighted by molar-refractivity contribution is 8.07. The second-order valence-electron chi connectivity index (χ2n) is 3.95. The third-order valence-corrected chi connectivity index (χ3v) is 4.81. The van der Waals surface area contributed by atoms with Gasteiger partial charge in [0.15, 0.2) is 5.16 Å². The molecule has 20 heavy (non-hydrogen) atoms. The Labute approximate surface area is 126 Å². The molecule has 0 atom stereocenters. The van der Waals surface area contributed by atoms with E-state index in [2.05, 4.69) is 33.7 Å². The Hall–Kier alpha value is -1.54. The molecule has 0 aliphatic rings. The average molecular weight is 307 g/mol. The molecular weight excluding hydrogens is 292 g/mol. The van der Waals surface area contributed by atoms with Crippen molar-refractivity contribution in [2.24, 2.45) is 14.1 Å². The van der Waals surface area contributed by atoms with Gasteiger partial charge in [0.05, 0.1) is 5.25 Å². The van der Waals surface area contributed by atoms with Crippen LogP contribution in [0.25, 0.3) is 0 Å². The minimum absolute atomic E-state index is 0.706. The molecule has 0 bridgehead atoms. The Morgan fingerprint density at radius 2 is 2.15 bits per heavy atom. The Bertz CT molecular complexity index is 603. The third-order valence-electron chi connectivity index (χ3n) is 2.43. The number of hydrogen-bond donors (Lipinski definition) is 0. The molecule has 0 saturated carbocycles. The number of nitrogens with zero attached hydrogens (tertiary/aromatic N) is 6. The summed E-state index contributed by atoms with van der Waals surface area (Å²) in [5.74, 6) is 0. The Morgan fingerprint density at radius 1 is 1.35 bits per heavy atom. The van der Waals surface area contributed by atoms with Gasteiger partial charge in [0, 0.05) is 31.4 Å². The smallest absolute Gasteiger partial charge is 0.213 e. The maximum absolute atomic E-state index is 4.31. The van der Waals surface area contributed by atoms with Crippen LogP contribution < -0.4 is 0 Å². The summed E-state index contributed by atoms with van der Waals surface area (Å²) in [6, 6.07) is 0. The maximum atomic E-state index is 4.31. The Morgan fingerprint density at radius 3 is 2.70 bits per heavy atom. The van der Waals surface area contributed by atoms with Crippen LogP contribution in [-0.4, -0.2) is 29.8 Å². The number of allylic oxidation sites excluding steroid dienone is 1. The van der Waals surface area contributed by atoms with Crippen molar-refractivity contribution in [3.8, 4) is 0 Å². The fourth-order valence-corrected chi connectivity index (χ4v) is 3.15. The highest BCUT2D eigenvalue weighted by atomic mass is 32.2. The molecule has 0 unspecified atom stereocenters. The van der Waals surface area contributed by atoms with Gasteiger partial charge < -0.3 is 4.57 Å². The van der Waals surface area contributed by atoms with Crippen LogP contribution in [0, 0.1) is 5.25 Å². The molecule has 0 aliphatic carbocycles. The van der Waals surface area contributed by atoms with Crippen molar-refractivity contribution in [2.75, 3.05) is 0 Å². The molecule has 2 rings (SSSR count). The van der Waals surface area contributed by atoms with E-state index < -0.39 is 0 Å². The van der Waals surface area contributed by atoms with Crippen LogP contribution in [0.1, 0.15) is 6.42 Å². The third kappa shape index (κ3) is 3.51. The highest BCUT2D eigenvalue weighted by Gasteiger charge is 2.19. The summed E-state index contributed by atoms with van der Waals surface area (Å²) in [5, 5.41) is 14.1. The van der Waals surface area contributed by atoms with Gasteiger partial charge in [-0.3, -0.25) is 0 Å². The predicted octanol–water partition coefficient (Wildman–Crippen LogP) is 2.45. The molecule has 8 heteroatoms. The van der Waals surface area contributed by atoms with Gasteiger partial charge in [0.1, 0.15) is 0 Å². The van der Waals surface area contributed by atoms with Crippen molar-refractivity contribution in [1.29, 1.82) is 0 Å². The van der Waals surface area contributed by atoms with Gasteiger partial charge in [0.25, 0.3) is 0 Å². The number of hydrogen-bond acceptors (Lipinski definition) is 6. The van der Waals surface area contributed by atoms with Gasteiger partial charge in [-0.25, -0.2) is 9.67 Å². The molecule has 0 fully saturated rings. The number of tetrazole rings is 1. The zero-order chi connectivity index (χ0) is 14.5. The van der Waals surface area contributed by atoms with Crippen molar-refractivity contribution >= 4 is 23.5 Å². The zero-order valence-electron chi connectivity index (χ0n) is 11.4. The van der Waals surface area contributed by atoms with Gasteiger partial charge in [-0.15, -0.1) is 11.7 Å². The van der Waals surface area contributed by atoms with Crippen LogP contribution in [0.5, 0.6) is 0 Å². The van der Waals surface area contributed by atoms with E-state index >= 15 is 0 Å². The number of thioether (sulfide) groups is 2. The van der Waals surface area contributed by atoms with Gasteiger partial charge in [-0.05, 0) is 16.8 Å². The number of aromatic nitrogens is 6. The van der Waals surface area contributed by atoms with E-state index in [1.807, 2.05) is 23.9 Å². The number of rotatable bonds is 7. The van der Waals surface area contributed by atoms with E-state index in [1.54, 1.807) is 29.7 Å². The minimum Gasteiger partial charge on any atom is -0.329 e. The van der Waals surface area contributed by atoms with Crippen molar-refractivity contribution in [3.05, 3.63) is 41.8 Å². The normalized spacial score (nSPS) is 10.9. The molecule has 0 amide bonds. The zero-order valence-corrected chi connectivity index (χ0v) is 13.0. The van der Waals surface area contributed by atoms with E-state index in [9.17, 15) is 0 Å². The van der Waals surface area contributed by atoms with E-state index in [0.717, 1.165) is 21.7 Å². The van der Waals surface area contributed by atoms with Crippen LogP contribution in [0.3, 0.4) is 0 Å². The molecule has 6 nitrogen and oxygen atoms in total. The molecule has 1 radical (unpaired) electrons. The van der Waals surface area contributed by atoms with E-state index in [1.165, 1.54) is 11.8 Å². The summed E-state index contributed by atoms with van der Waals surface area (Å²) in [6.45, 7) is 7.90. The molecule has 0 saturated heterocycles. The summed E-state index contributed by atoms with van der Waals surface area (Å²) in [5.41, 5.74) is 0. The molecular formula is C12H15N6S2. The Kier molecular flexibility index (Phi) is 5.02. The number of imidazole rings is 1. The highest BCUT2D eigenvalue weighted by Crippen LogP contribution is 2.42. The van der Waals surface area contributed by atoms with Crippen molar-refractivity contribution in [1.82, 2.24) is 29.8 Å². The SMILES string of the molecule is C=CC[C](Sc1nccn1C)C(=C)Sc1nnnn1C. The molecule has 2 aromatic rings. The standard InChI is InChI=1S/C12H15N6S2/c1-5-6-10(20-11-13-7-8-17(11)3)9(2)19-12-14-15-16-18(12)4/h5,7-8H,1-2,6H2,3-4H3. The topological polar surface area (TPSA) is 61.4 Å². The summed E-state index contributed by atoms with van der Waals surface area (Å²) in [6.07, 6.45) is 6.27. The van der Waals surface area contributed by atoms with E-state index in [-0.39, 0.29) is 0 Å². The average Bonchev–Trinajstić information content (AvgIpc) is 2.99. The summed E-state index contributed by atoms with van der Waals surface area (Å²) < 4.78 is 3.59. The Balaban J connectivity index is 2.08. The summed E-state index contributed by atoms with van der Waals surface area (Å²) in [4.78, 5) is 5.21. The molecule has 0 aliphatic heterocycles. The lowest BCUT2D eigenvalue weighted by molar-refractivity contribution is 0.665. The van der Waals surface area contributed by atoms with Crippen molar-refractivity contribution < 1.29 is 0 Å². The number of aryl methyl sites for hydroxylation is 2. The van der Waals surface area contributed by atoms with Crippen LogP contribution in [0.4, 0.5) is 0 Å². The minimum atomic E-state index is 0.706. The van der Waals surface area contributed by atoms with Gasteiger partial charge in [0.2, 0.25) is 5.16 Å². The van der Waals surface area contributed by atoms with E-state index in [4.69, 9.17) is 0 Å². The largest absolute Gasteiger partial charge is 0.329 e. The first-order chi connectivity index (χ1) is 9.61. The monoisotopic (exact) mass is 307 g/mol. The van der Waals surface area contributed by atoms with Gasteiger partial charge in [-0.1, -0.05) is 36.2 Å². The summed E-state index contributed by atoms with van der Waals surface area (Å²) in [7, 11) is 3.76. The fraction of sp³-hybridized carbons (Fsp3) is 0.250. The first kappa shape index (κ1) is 14.9. The first-order valence-corrected chi connectivity index (χ1v) is 7.46. The lowest BCUT2D eigenvalue weighted by Gasteiger charge is -2.15. The molecule has 0 spiro atoms. The molecule has 105 valence electrons. The van der Waals surface area contributed by atoms with E-state index in [0.29, 0.717) is 5.16 Å².